The number of rotatable bonds is 5. The van der Waals surface area contributed by atoms with Gasteiger partial charge >= 0.3 is 0 Å². The summed E-state index contributed by atoms with van der Waals surface area (Å²) in [5.41, 5.74) is 12.0. The van der Waals surface area contributed by atoms with E-state index in [9.17, 15) is 9.59 Å². The highest BCUT2D eigenvalue weighted by molar-refractivity contribution is 5.99. The number of hydrogen-bond donors (Lipinski definition) is 4. The Morgan fingerprint density at radius 2 is 2.06 bits per heavy atom. The van der Waals surface area contributed by atoms with Gasteiger partial charge in [0.05, 0.1) is 5.56 Å². The van der Waals surface area contributed by atoms with Crippen molar-refractivity contribution >= 4 is 23.2 Å². The predicted molar refractivity (Wildman–Crippen MR) is 71.1 cm³/mol. The first kappa shape index (κ1) is 13.8. The Morgan fingerprint density at radius 3 is 2.61 bits per heavy atom. The molecule has 1 rings (SSSR count). The molecule has 0 spiro atoms. The van der Waals surface area contributed by atoms with Crippen LogP contribution < -0.4 is 22.1 Å². The van der Waals surface area contributed by atoms with E-state index in [0.717, 1.165) is 0 Å². The van der Waals surface area contributed by atoms with Gasteiger partial charge in [0.2, 0.25) is 5.91 Å². The normalized spacial score (nSPS) is 11.7. The Bertz CT molecular complexity index is 459. The van der Waals surface area contributed by atoms with Gasteiger partial charge in [-0.25, -0.2) is 0 Å². The lowest BCUT2D eigenvalue weighted by molar-refractivity contribution is -0.121. The van der Waals surface area contributed by atoms with E-state index in [1.807, 2.05) is 6.92 Å². The minimum atomic E-state index is -0.596. The summed E-state index contributed by atoms with van der Waals surface area (Å²) in [6.07, 6.45) is 0. The molecule has 0 saturated carbocycles. The number of likely N-dealkylation sites (N-methyl/N-ethyl adjacent to an activating group) is 1. The SMILES string of the molecule is CCNC(=O)C(C)Nc1ccc(N)c(C(N)=O)c1. The van der Waals surface area contributed by atoms with Crippen LogP contribution in [0.25, 0.3) is 0 Å². The van der Waals surface area contributed by atoms with Crippen LogP contribution in [0.2, 0.25) is 0 Å². The lowest BCUT2D eigenvalue weighted by Gasteiger charge is -2.15. The Kier molecular flexibility index (Phi) is 4.53. The lowest BCUT2D eigenvalue weighted by atomic mass is 10.1. The largest absolute Gasteiger partial charge is 0.398 e. The van der Waals surface area contributed by atoms with Crippen molar-refractivity contribution in [2.75, 3.05) is 17.6 Å². The van der Waals surface area contributed by atoms with Crippen molar-refractivity contribution in [2.45, 2.75) is 19.9 Å². The van der Waals surface area contributed by atoms with E-state index in [1.54, 1.807) is 19.1 Å². The van der Waals surface area contributed by atoms with Gasteiger partial charge in [0.25, 0.3) is 5.91 Å². The summed E-state index contributed by atoms with van der Waals surface area (Å²) in [5, 5.41) is 5.67. The molecule has 6 N–H and O–H groups in total. The van der Waals surface area contributed by atoms with Crippen LogP contribution in [-0.2, 0) is 4.79 Å². The van der Waals surface area contributed by atoms with Crippen molar-refractivity contribution in [1.82, 2.24) is 5.32 Å². The first-order valence-corrected chi connectivity index (χ1v) is 5.69. The van der Waals surface area contributed by atoms with Gasteiger partial charge in [0.15, 0.2) is 0 Å². The van der Waals surface area contributed by atoms with Crippen molar-refractivity contribution < 1.29 is 9.59 Å². The standard InChI is InChI=1S/C12H18N4O2/c1-3-15-12(18)7(2)16-8-4-5-10(13)9(6-8)11(14)17/h4-7,16H,3,13H2,1-2H3,(H2,14,17)(H,15,18). The molecule has 0 aliphatic heterocycles. The number of nitrogens with one attached hydrogen (secondary N) is 2. The van der Waals surface area contributed by atoms with Crippen LogP contribution in [0.15, 0.2) is 18.2 Å². The van der Waals surface area contributed by atoms with E-state index >= 15 is 0 Å². The summed E-state index contributed by atoms with van der Waals surface area (Å²) in [6.45, 7) is 4.14. The number of hydrogen-bond acceptors (Lipinski definition) is 4. The second-order valence-corrected chi connectivity index (χ2v) is 3.93. The van der Waals surface area contributed by atoms with Crippen molar-refractivity contribution in [3.05, 3.63) is 23.8 Å². The zero-order chi connectivity index (χ0) is 13.7. The third kappa shape index (κ3) is 3.38. The number of amides is 2. The number of carbonyl (C=O) groups is 2. The molecule has 1 unspecified atom stereocenters. The Labute approximate surface area is 106 Å². The number of nitrogens with two attached hydrogens (primary N) is 2. The van der Waals surface area contributed by atoms with Gasteiger partial charge in [-0.3, -0.25) is 9.59 Å². The molecular formula is C12H18N4O2. The minimum Gasteiger partial charge on any atom is -0.398 e. The molecule has 0 fully saturated rings. The topological polar surface area (TPSA) is 110 Å². The summed E-state index contributed by atoms with van der Waals surface area (Å²) in [4.78, 5) is 22.7. The van der Waals surface area contributed by atoms with Gasteiger partial charge in [-0.05, 0) is 32.0 Å². The molecule has 0 aliphatic rings. The Balaban J connectivity index is 2.82. The quantitative estimate of drug-likeness (QED) is 0.563. The molecule has 18 heavy (non-hydrogen) atoms. The van der Waals surface area contributed by atoms with E-state index in [-0.39, 0.29) is 11.5 Å². The highest BCUT2D eigenvalue weighted by Crippen LogP contribution is 2.18. The number of nitrogen functional groups attached to an aromatic ring is 1. The zero-order valence-corrected chi connectivity index (χ0v) is 10.5. The van der Waals surface area contributed by atoms with Crippen molar-refractivity contribution in [3.8, 4) is 0 Å². The molecule has 0 aromatic heterocycles. The molecule has 6 nitrogen and oxygen atoms in total. The summed E-state index contributed by atoms with van der Waals surface area (Å²) >= 11 is 0. The van der Waals surface area contributed by atoms with Crippen LogP contribution in [0.4, 0.5) is 11.4 Å². The van der Waals surface area contributed by atoms with Gasteiger partial charge < -0.3 is 22.1 Å². The highest BCUT2D eigenvalue weighted by Gasteiger charge is 2.13. The highest BCUT2D eigenvalue weighted by atomic mass is 16.2. The van der Waals surface area contributed by atoms with Crippen LogP contribution in [-0.4, -0.2) is 24.4 Å². The predicted octanol–water partition coefficient (Wildman–Crippen LogP) is 0.304. The molecule has 0 saturated heterocycles. The third-order valence-corrected chi connectivity index (χ3v) is 2.45. The molecule has 0 aliphatic carbocycles. The number of benzene rings is 1. The first-order chi connectivity index (χ1) is 8.45. The molecule has 0 bridgehead atoms. The fourth-order valence-corrected chi connectivity index (χ4v) is 1.50. The van der Waals surface area contributed by atoms with Gasteiger partial charge in [-0.15, -0.1) is 0 Å². The number of primary amides is 1. The summed E-state index contributed by atoms with van der Waals surface area (Å²) in [7, 11) is 0. The molecule has 1 aromatic rings. The number of anilines is 2. The number of carbonyl (C=O) groups excluding carboxylic acids is 2. The van der Waals surface area contributed by atoms with E-state index < -0.39 is 11.9 Å². The van der Waals surface area contributed by atoms with Gasteiger partial charge in [-0.2, -0.15) is 0 Å². The fourth-order valence-electron chi connectivity index (χ4n) is 1.50. The van der Waals surface area contributed by atoms with Gasteiger partial charge in [0.1, 0.15) is 6.04 Å². The van der Waals surface area contributed by atoms with Crippen LogP contribution in [0.3, 0.4) is 0 Å². The summed E-state index contributed by atoms with van der Waals surface area (Å²) in [5.74, 6) is -0.711. The van der Waals surface area contributed by atoms with E-state index in [1.165, 1.54) is 6.07 Å². The van der Waals surface area contributed by atoms with Crippen molar-refractivity contribution in [1.29, 1.82) is 0 Å². The summed E-state index contributed by atoms with van der Waals surface area (Å²) < 4.78 is 0. The fraction of sp³-hybridized carbons (Fsp3) is 0.333. The van der Waals surface area contributed by atoms with Crippen molar-refractivity contribution in [3.63, 3.8) is 0 Å². The van der Waals surface area contributed by atoms with Gasteiger partial charge in [-0.1, -0.05) is 0 Å². The molecule has 1 atom stereocenters. The molecule has 2 amide bonds. The first-order valence-electron chi connectivity index (χ1n) is 5.69. The maximum atomic E-state index is 11.5. The monoisotopic (exact) mass is 250 g/mol. The van der Waals surface area contributed by atoms with E-state index in [4.69, 9.17) is 11.5 Å². The Hall–Kier alpha value is -2.24. The molecule has 1 aromatic carbocycles. The lowest BCUT2D eigenvalue weighted by Crippen LogP contribution is -2.37. The molecule has 0 heterocycles. The molecule has 98 valence electrons. The van der Waals surface area contributed by atoms with Crippen LogP contribution in [0.5, 0.6) is 0 Å². The zero-order valence-electron chi connectivity index (χ0n) is 10.5. The Morgan fingerprint density at radius 1 is 1.39 bits per heavy atom. The smallest absolute Gasteiger partial charge is 0.250 e. The van der Waals surface area contributed by atoms with Crippen LogP contribution in [0, 0.1) is 0 Å². The van der Waals surface area contributed by atoms with Crippen molar-refractivity contribution in [2.24, 2.45) is 5.73 Å². The van der Waals surface area contributed by atoms with Crippen LogP contribution >= 0.6 is 0 Å². The van der Waals surface area contributed by atoms with E-state index in [2.05, 4.69) is 10.6 Å². The van der Waals surface area contributed by atoms with Gasteiger partial charge in [0, 0.05) is 17.9 Å². The average molecular weight is 250 g/mol. The van der Waals surface area contributed by atoms with Crippen LogP contribution in [0.1, 0.15) is 24.2 Å². The maximum Gasteiger partial charge on any atom is 0.250 e. The minimum absolute atomic E-state index is 0.116. The maximum absolute atomic E-state index is 11.5. The second-order valence-electron chi connectivity index (χ2n) is 3.93. The molecule has 0 radical (unpaired) electrons. The molecular weight excluding hydrogens is 232 g/mol. The summed E-state index contributed by atoms with van der Waals surface area (Å²) in [6, 6.07) is 4.40. The third-order valence-electron chi connectivity index (χ3n) is 2.45. The second kappa shape index (κ2) is 5.90. The molecule has 6 heteroatoms. The average Bonchev–Trinajstić information content (AvgIpc) is 2.31. The van der Waals surface area contributed by atoms with E-state index in [0.29, 0.717) is 17.9 Å².